The molecule has 0 fully saturated rings. The third-order valence-corrected chi connectivity index (χ3v) is 2.72. The van der Waals surface area contributed by atoms with Gasteiger partial charge in [0.1, 0.15) is 5.75 Å². The number of rotatable bonds is 4. The van der Waals surface area contributed by atoms with Crippen molar-refractivity contribution in [3.63, 3.8) is 0 Å². The van der Waals surface area contributed by atoms with E-state index in [2.05, 4.69) is 5.32 Å². The number of fused-ring (bicyclic) bond motifs is 1. The largest absolute Gasteiger partial charge is 0.496 e. The van der Waals surface area contributed by atoms with Crippen molar-refractivity contribution in [1.82, 2.24) is 5.32 Å². The van der Waals surface area contributed by atoms with E-state index in [4.69, 9.17) is 29.9 Å². The number of hydrogen-bond donors (Lipinski definition) is 1. The van der Waals surface area contributed by atoms with Gasteiger partial charge >= 0.3 is 0 Å². The molecule has 1 aliphatic heterocycles. The van der Waals surface area contributed by atoms with Crippen LogP contribution in [0.2, 0.25) is 0 Å². The third kappa shape index (κ3) is 2.52. The van der Waals surface area contributed by atoms with E-state index < -0.39 is 5.34 Å². The summed E-state index contributed by atoms with van der Waals surface area (Å²) in [5.74, 6) is 2.05. The summed E-state index contributed by atoms with van der Waals surface area (Å²) in [5, 5.41) is 1.85. The van der Waals surface area contributed by atoms with Crippen molar-refractivity contribution in [2.75, 3.05) is 21.0 Å². The van der Waals surface area contributed by atoms with Crippen molar-refractivity contribution >= 4 is 15.7 Å². The first kappa shape index (κ1) is 12.2. The molecule has 1 heterocycles. The number of hydrogen-bond acceptors (Lipinski definition) is 4. The summed E-state index contributed by atoms with van der Waals surface area (Å²) in [6.45, 7) is 0.227. The standard InChI is InChI=1S/C11H13B2NO3/c1-14-11(12,13)5-7-3-9-10(17-6-16-9)4-8(7)15-2/h3-4,14H,5-6H2,1-2H3. The van der Waals surface area contributed by atoms with Crippen LogP contribution in [0.25, 0.3) is 0 Å². The van der Waals surface area contributed by atoms with Gasteiger partial charge in [0.25, 0.3) is 0 Å². The van der Waals surface area contributed by atoms with E-state index in [1.54, 1.807) is 20.2 Å². The monoisotopic (exact) mass is 229 g/mol. The first-order valence-corrected chi connectivity index (χ1v) is 5.29. The molecule has 6 heteroatoms. The van der Waals surface area contributed by atoms with Gasteiger partial charge < -0.3 is 19.5 Å². The highest BCUT2D eigenvalue weighted by molar-refractivity contribution is 6.40. The van der Waals surface area contributed by atoms with Gasteiger partial charge in [0, 0.05) is 6.07 Å². The van der Waals surface area contributed by atoms with Crippen LogP contribution in [0.3, 0.4) is 0 Å². The maximum absolute atomic E-state index is 5.86. The van der Waals surface area contributed by atoms with Crippen LogP contribution < -0.4 is 19.5 Å². The predicted octanol–water partition coefficient (Wildman–Crippen LogP) is 0.177. The molecule has 0 spiro atoms. The summed E-state index contributed by atoms with van der Waals surface area (Å²) >= 11 is 0. The molecular formula is C11H13B2NO3. The molecule has 2 rings (SSSR count). The van der Waals surface area contributed by atoms with Gasteiger partial charge in [-0.05, 0) is 25.1 Å². The molecule has 0 aliphatic carbocycles. The minimum absolute atomic E-state index is 0.227. The number of nitrogens with one attached hydrogen (secondary N) is 1. The Balaban J connectivity index is 2.33. The maximum atomic E-state index is 5.86. The van der Waals surface area contributed by atoms with E-state index >= 15 is 0 Å². The summed E-state index contributed by atoms with van der Waals surface area (Å²) in [5.41, 5.74) is 0.871. The molecule has 1 aliphatic rings. The second-order valence-corrected chi connectivity index (χ2v) is 3.98. The Labute approximate surface area is 103 Å². The maximum Gasteiger partial charge on any atom is 0.231 e. The molecule has 4 nitrogen and oxygen atoms in total. The molecule has 0 bridgehead atoms. The van der Waals surface area contributed by atoms with Crippen molar-refractivity contribution in [1.29, 1.82) is 0 Å². The fourth-order valence-electron chi connectivity index (χ4n) is 1.70. The molecule has 0 atom stereocenters. The second kappa shape index (κ2) is 4.53. The summed E-state index contributed by atoms with van der Waals surface area (Å²) in [6, 6.07) is 3.62. The lowest BCUT2D eigenvalue weighted by molar-refractivity contribution is 0.174. The summed E-state index contributed by atoms with van der Waals surface area (Å²) < 4.78 is 15.9. The number of benzene rings is 1. The Morgan fingerprint density at radius 1 is 1.35 bits per heavy atom. The van der Waals surface area contributed by atoms with Crippen LogP contribution in [-0.4, -0.2) is 42.0 Å². The lowest BCUT2D eigenvalue weighted by Crippen LogP contribution is -2.46. The molecule has 0 saturated heterocycles. The number of methoxy groups -OCH3 is 1. The lowest BCUT2D eigenvalue weighted by Gasteiger charge is -2.26. The highest BCUT2D eigenvalue weighted by Gasteiger charge is 2.22. The Bertz CT molecular complexity index is 423. The predicted molar refractivity (Wildman–Crippen MR) is 66.1 cm³/mol. The lowest BCUT2D eigenvalue weighted by atomic mass is 9.59. The molecule has 17 heavy (non-hydrogen) atoms. The van der Waals surface area contributed by atoms with Crippen molar-refractivity contribution in [3.05, 3.63) is 17.7 Å². The molecule has 86 valence electrons. The molecule has 0 amide bonds. The van der Waals surface area contributed by atoms with Crippen molar-refractivity contribution in [3.8, 4) is 17.2 Å². The molecule has 0 saturated carbocycles. The molecule has 0 aromatic heterocycles. The minimum atomic E-state index is -0.985. The zero-order chi connectivity index (χ0) is 12.5. The van der Waals surface area contributed by atoms with Gasteiger partial charge in [-0.1, -0.05) is 5.34 Å². The highest BCUT2D eigenvalue weighted by atomic mass is 16.7. The molecule has 1 aromatic carbocycles. The third-order valence-electron chi connectivity index (χ3n) is 2.72. The van der Waals surface area contributed by atoms with Gasteiger partial charge in [0.05, 0.1) is 22.8 Å². The van der Waals surface area contributed by atoms with E-state index in [1.165, 1.54) is 0 Å². The first-order chi connectivity index (χ1) is 8.05. The van der Waals surface area contributed by atoms with Crippen LogP contribution in [0.4, 0.5) is 0 Å². The number of likely N-dealkylation sites (N-methyl/N-ethyl adjacent to an activating group) is 1. The van der Waals surface area contributed by atoms with Crippen LogP contribution in [0.15, 0.2) is 12.1 Å². The van der Waals surface area contributed by atoms with Gasteiger partial charge in [-0.25, -0.2) is 0 Å². The van der Waals surface area contributed by atoms with E-state index in [0.29, 0.717) is 23.7 Å². The fraction of sp³-hybridized carbons (Fsp3) is 0.455. The van der Waals surface area contributed by atoms with Gasteiger partial charge in [0.2, 0.25) is 6.79 Å². The quantitative estimate of drug-likeness (QED) is 0.747. The van der Waals surface area contributed by atoms with Crippen LogP contribution in [-0.2, 0) is 6.42 Å². The zero-order valence-corrected chi connectivity index (χ0v) is 9.95. The second-order valence-electron chi connectivity index (χ2n) is 3.98. The topological polar surface area (TPSA) is 39.7 Å². The Hall–Kier alpha value is -1.29. The Morgan fingerprint density at radius 2 is 2.00 bits per heavy atom. The molecule has 4 radical (unpaired) electrons. The zero-order valence-electron chi connectivity index (χ0n) is 9.95. The van der Waals surface area contributed by atoms with E-state index in [1.807, 2.05) is 6.07 Å². The average Bonchev–Trinajstić information content (AvgIpc) is 2.74. The van der Waals surface area contributed by atoms with E-state index in [9.17, 15) is 0 Å². The summed E-state index contributed by atoms with van der Waals surface area (Å²) in [6.07, 6.45) is 0.420. The Kier molecular flexibility index (Phi) is 3.24. The molecule has 1 N–H and O–H groups in total. The van der Waals surface area contributed by atoms with Crippen LogP contribution in [0.1, 0.15) is 5.56 Å². The van der Waals surface area contributed by atoms with Crippen molar-refractivity contribution in [2.45, 2.75) is 11.8 Å². The van der Waals surface area contributed by atoms with Gasteiger partial charge in [0.15, 0.2) is 11.5 Å². The smallest absolute Gasteiger partial charge is 0.231 e. The SMILES string of the molecule is [B]C([B])(Cc1cc2c(cc1OC)OCO2)NC. The highest BCUT2D eigenvalue weighted by Crippen LogP contribution is 2.38. The van der Waals surface area contributed by atoms with E-state index in [0.717, 1.165) is 5.56 Å². The van der Waals surface area contributed by atoms with Gasteiger partial charge in [-0.3, -0.25) is 0 Å². The van der Waals surface area contributed by atoms with Crippen LogP contribution >= 0.6 is 0 Å². The normalized spacial score (nSPS) is 13.8. The molecular weight excluding hydrogens is 216 g/mol. The van der Waals surface area contributed by atoms with Crippen LogP contribution in [0.5, 0.6) is 17.2 Å². The van der Waals surface area contributed by atoms with E-state index in [-0.39, 0.29) is 6.79 Å². The van der Waals surface area contributed by atoms with Crippen molar-refractivity contribution < 1.29 is 14.2 Å². The number of ether oxygens (including phenoxy) is 3. The van der Waals surface area contributed by atoms with Gasteiger partial charge in [-0.2, -0.15) is 0 Å². The minimum Gasteiger partial charge on any atom is -0.496 e. The molecule has 1 aromatic rings. The average molecular weight is 229 g/mol. The van der Waals surface area contributed by atoms with Gasteiger partial charge in [-0.15, -0.1) is 0 Å². The summed E-state index contributed by atoms with van der Waals surface area (Å²) in [4.78, 5) is 0. The van der Waals surface area contributed by atoms with Crippen LogP contribution in [0, 0.1) is 0 Å². The van der Waals surface area contributed by atoms with Crippen molar-refractivity contribution in [2.24, 2.45) is 0 Å². The molecule has 0 unspecified atom stereocenters. The Morgan fingerprint density at radius 3 is 2.59 bits per heavy atom. The summed E-state index contributed by atoms with van der Waals surface area (Å²) in [7, 11) is 15.0. The first-order valence-electron chi connectivity index (χ1n) is 5.29. The fourth-order valence-corrected chi connectivity index (χ4v) is 1.70.